The number of carbonyl (C=O) groups is 2. The third kappa shape index (κ3) is 6.65. The average molecular weight is 380 g/mol. The van der Waals surface area contributed by atoms with Gasteiger partial charge in [0.25, 0.3) is 0 Å². The van der Waals surface area contributed by atoms with Gasteiger partial charge >= 0.3 is 6.18 Å². The first-order valence-electron chi connectivity index (χ1n) is 8.12. The number of hydrogen-bond donors (Lipinski definition) is 2. The number of hydrogen-bond acceptors (Lipinski definition) is 4. The Bertz CT molecular complexity index is 805. The van der Waals surface area contributed by atoms with Crippen LogP contribution in [0.5, 0.6) is 5.75 Å². The molecule has 1 unspecified atom stereocenters. The summed E-state index contributed by atoms with van der Waals surface area (Å²) in [6.45, 7) is 1.71. The smallest absolute Gasteiger partial charge is 0.422 e. The number of carbonyl (C=O) groups excluding carboxylic acids is 2. The number of halogens is 3. The zero-order valence-electron chi connectivity index (χ0n) is 14.8. The van der Waals surface area contributed by atoms with Gasteiger partial charge in [0.15, 0.2) is 12.4 Å². The number of Topliss-reactive ketones (excluding diaryl/α,β-unsaturated/α-hetero) is 1. The van der Waals surface area contributed by atoms with Crippen molar-refractivity contribution in [3.05, 3.63) is 54.1 Å². The zero-order chi connectivity index (χ0) is 20.0. The molecule has 0 heterocycles. The van der Waals surface area contributed by atoms with Crippen molar-refractivity contribution in [3.63, 3.8) is 0 Å². The zero-order valence-corrected chi connectivity index (χ0v) is 14.8. The highest BCUT2D eigenvalue weighted by Crippen LogP contribution is 2.21. The monoisotopic (exact) mass is 380 g/mol. The second-order valence-corrected chi connectivity index (χ2v) is 5.92. The molecule has 0 aliphatic rings. The lowest BCUT2D eigenvalue weighted by Gasteiger charge is -2.16. The topological polar surface area (TPSA) is 67.4 Å². The minimum Gasteiger partial charge on any atom is -0.484 e. The van der Waals surface area contributed by atoms with Crippen LogP contribution < -0.4 is 15.4 Å². The Morgan fingerprint density at radius 3 is 2.33 bits per heavy atom. The van der Waals surface area contributed by atoms with Crippen molar-refractivity contribution in [3.8, 4) is 5.75 Å². The van der Waals surface area contributed by atoms with Crippen LogP contribution in [0.1, 0.15) is 24.2 Å². The molecule has 2 aromatic rings. The maximum absolute atomic E-state index is 12.3. The first-order chi connectivity index (χ1) is 12.6. The van der Waals surface area contributed by atoms with Crippen molar-refractivity contribution in [1.82, 2.24) is 0 Å². The Hall–Kier alpha value is -3.03. The summed E-state index contributed by atoms with van der Waals surface area (Å²) in [7, 11) is 0. The van der Waals surface area contributed by atoms with Gasteiger partial charge < -0.3 is 15.4 Å². The number of nitrogens with one attached hydrogen (secondary N) is 2. The molecule has 0 bridgehead atoms. The molecule has 0 radical (unpaired) electrons. The van der Waals surface area contributed by atoms with E-state index in [9.17, 15) is 22.8 Å². The molecule has 0 saturated carbocycles. The van der Waals surface area contributed by atoms with E-state index in [0.29, 0.717) is 16.9 Å². The molecule has 0 fully saturated rings. The number of rotatable bonds is 7. The van der Waals surface area contributed by atoms with Crippen molar-refractivity contribution < 1.29 is 27.5 Å². The van der Waals surface area contributed by atoms with Crippen molar-refractivity contribution in [2.75, 3.05) is 17.2 Å². The molecule has 0 saturated heterocycles. The summed E-state index contributed by atoms with van der Waals surface area (Å²) < 4.78 is 41.0. The largest absolute Gasteiger partial charge is 0.484 e. The van der Waals surface area contributed by atoms with Crippen LogP contribution in [-0.2, 0) is 4.79 Å². The predicted octanol–water partition coefficient (Wildman–Crippen LogP) is 4.27. The van der Waals surface area contributed by atoms with Gasteiger partial charge in [-0.2, -0.15) is 13.2 Å². The summed E-state index contributed by atoms with van der Waals surface area (Å²) in [5, 5.41) is 5.64. The molecule has 27 heavy (non-hydrogen) atoms. The summed E-state index contributed by atoms with van der Waals surface area (Å²) in [6.07, 6.45) is -4.40. The number of anilines is 2. The highest BCUT2D eigenvalue weighted by molar-refractivity contribution is 5.99. The van der Waals surface area contributed by atoms with E-state index >= 15 is 0 Å². The van der Waals surface area contributed by atoms with E-state index in [-0.39, 0.29) is 17.4 Å². The van der Waals surface area contributed by atoms with Crippen LogP contribution in [0.15, 0.2) is 48.5 Å². The van der Waals surface area contributed by atoms with Crippen molar-refractivity contribution in [2.24, 2.45) is 0 Å². The van der Waals surface area contributed by atoms with Gasteiger partial charge in [-0.3, -0.25) is 9.59 Å². The third-order valence-electron chi connectivity index (χ3n) is 3.57. The van der Waals surface area contributed by atoms with Crippen LogP contribution in [0.2, 0.25) is 0 Å². The third-order valence-corrected chi connectivity index (χ3v) is 3.57. The molecule has 0 aromatic heterocycles. The van der Waals surface area contributed by atoms with Crippen molar-refractivity contribution >= 4 is 23.1 Å². The summed E-state index contributed by atoms with van der Waals surface area (Å²) in [5.41, 5.74) is 1.54. The van der Waals surface area contributed by atoms with E-state index in [1.54, 1.807) is 31.2 Å². The summed E-state index contributed by atoms with van der Waals surface area (Å²) in [4.78, 5) is 23.7. The first-order valence-corrected chi connectivity index (χ1v) is 8.12. The van der Waals surface area contributed by atoms with E-state index in [1.165, 1.54) is 31.2 Å². The van der Waals surface area contributed by atoms with Crippen LogP contribution in [0.4, 0.5) is 24.5 Å². The van der Waals surface area contributed by atoms with Crippen molar-refractivity contribution in [1.29, 1.82) is 0 Å². The highest BCUT2D eigenvalue weighted by Gasteiger charge is 2.28. The highest BCUT2D eigenvalue weighted by atomic mass is 19.4. The second kappa shape index (κ2) is 8.57. The van der Waals surface area contributed by atoms with Crippen LogP contribution in [-0.4, -0.2) is 30.5 Å². The molecule has 2 N–H and O–H groups in total. The molecule has 2 rings (SSSR count). The van der Waals surface area contributed by atoms with Gasteiger partial charge in [-0.1, -0.05) is 12.1 Å². The Labute approximate surface area is 154 Å². The second-order valence-electron chi connectivity index (χ2n) is 5.92. The summed E-state index contributed by atoms with van der Waals surface area (Å²) in [5.74, 6) is -0.353. The van der Waals surface area contributed by atoms with Crippen LogP contribution in [0.25, 0.3) is 0 Å². The fraction of sp³-hybridized carbons (Fsp3) is 0.263. The molecule has 1 amide bonds. The molecule has 144 valence electrons. The lowest BCUT2D eigenvalue weighted by atomic mass is 10.1. The van der Waals surface area contributed by atoms with E-state index in [4.69, 9.17) is 0 Å². The minimum absolute atomic E-state index is 0.0797. The van der Waals surface area contributed by atoms with E-state index < -0.39 is 18.8 Å². The van der Waals surface area contributed by atoms with Gasteiger partial charge in [-0.15, -0.1) is 0 Å². The Morgan fingerprint density at radius 1 is 1.07 bits per heavy atom. The molecule has 0 spiro atoms. The Morgan fingerprint density at radius 2 is 1.74 bits per heavy atom. The van der Waals surface area contributed by atoms with Gasteiger partial charge in [0.2, 0.25) is 5.91 Å². The molecule has 0 aliphatic carbocycles. The number of ketones is 1. The van der Waals surface area contributed by atoms with E-state index in [0.717, 1.165) is 0 Å². The molecular formula is C19H19F3N2O3. The quantitative estimate of drug-likeness (QED) is 0.704. The molecule has 8 heteroatoms. The number of alkyl halides is 3. The summed E-state index contributed by atoms with van der Waals surface area (Å²) >= 11 is 0. The van der Waals surface area contributed by atoms with Gasteiger partial charge in [-0.25, -0.2) is 0 Å². The fourth-order valence-electron chi connectivity index (χ4n) is 2.19. The SMILES string of the molecule is CC(=O)c1cccc(NC(=O)C(C)Nc2ccc(OCC(F)(F)F)cc2)c1. The maximum Gasteiger partial charge on any atom is 0.422 e. The number of ether oxygens (including phenoxy) is 1. The normalized spacial score (nSPS) is 12.2. The number of benzene rings is 2. The lowest BCUT2D eigenvalue weighted by Crippen LogP contribution is -2.31. The van der Waals surface area contributed by atoms with Gasteiger partial charge in [0.1, 0.15) is 11.8 Å². The van der Waals surface area contributed by atoms with Crippen LogP contribution in [0.3, 0.4) is 0 Å². The van der Waals surface area contributed by atoms with Gasteiger partial charge in [0.05, 0.1) is 0 Å². The number of amides is 1. The average Bonchev–Trinajstić information content (AvgIpc) is 2.60. The van der Waals surface area contributed by atoms with Crippen LogP contribution >= 0.6 is 0 Å². The van der Waals surface area contributed by atoms with Crippen molar-refractivity contribution in [2.45, 2.75) is 26.1 Å². The summed E-state index contributed by atoms with van der Waals surface area (Å²) in [6, 6.07) is 11.8. The maximum atomic E-state index is 12.3. The molecular weight excluding hydrogens is 361 g/mol. The standard InChI is InChI=1S/C19H19F3N2O3/c1-12(18(26)24-16-5-3-4-14(10-16)13(2)25)23-15-6-8-17(9-7-15)27-11-19(20,21)22/h3-10,12,23H,11H2,1-2H3,(H,24,26). The molecule has 1 atom stereocenters. The lowest BCUT2D eigenvalue weighted by molar-refractivity contribution is -0.153. The van der Waals surface area contributed by atoms with E-state index in [1.807, 2.05) is 0 Å². The first kappa shape index (κ1) is 20.3. The van der Waals surface area contributed by atoms with Gasteiger partial charge in [-0.05, 0) is 50.2 Å². The fourth-order valence-corrected chi connectivity index (χ4v) is 2.19. The predicted molar refractivity (Wildman–Crippen MR) is 96.2 cm³/mol. The Kier molecular flexibility index (Phi) is 6.44. The minimum atomic E-state index is -4.40. The molecule has 5 nitrogen and oxygen atoms in total. The van der Waals surface area contributed by atoms with Crippen LogP contribution in [0, 0.1) is 0 Å². The molecule has 2 aromatic carbocycles. The Balaban J connectivity index is 1.92. The van der Waals surface area contributed by atoms with Gasteiger partial charge in [0, 0.05) is 16.9 Å². The molecule has 0 aliphatic heterocycles. The van der Waals surface area contributed by atoms with E-state index in [2.05, 4.69) is 15.4 Å².